The molecule has 0 amide bonds. The Labute approximate surface area is 160 Å². The van der Waals surface area contributed by atoms with Crippen LogP contribution in [-0.4, -0.2) is 39.0 Å². The molecule has 2 aromatic heterocycles. The van der Waals surface area contributed by atoms with Gasteiger partial charge in [0, 0.05) is 19.8 Å². The summed E-state index contributed by atoms with van der Waals surface area (Å²) in [6.07, 6.45) is -0.128. The van der Waals surface area contributed by atoms with Crippen LogP contribution in [-0.2, 0) is 11.8 Å². The molecule has 2 heterocycles. The molecule has 7 nitrogen and oxygen atoms in total. The third-order valence-corrected chi connectivity index (χ3v) is 4.33. The van der Waals surface area contributed by atoms with Gasteiger partial charge in [0.1, 0.15) is 23.3 Å². The second kappa shape index (κ2) is 7.89. The normalized spacial score (nSPS) is 12.2. The van der Waals surface area contributed by atoms with Crippen molar-refractivity contribution < 1.29 is 23.4 Å². The summed E-state index contributed by atoms with van der Waals surface area (Å²) >= 11 is 0. The predicted molar refractivity (Wildman–Crippen MR) is 99.0 cm³/mol. The number of rotatable bonds is 6. The van der Waals surface area contributed by atoms with Crippen molar-refractivity contribution in [3.63, 3.8) is 0 Å². The van der Waals surface area contributed by atoms with Crippen LogP contribution in [0.15, 0.2) is 24.4 Å². The number of halogens is 2. The molecule has 0 fully saturated rings. The minimum atomic E-state index is -1.48. The van der Waals surface area contributed by atoms with Crippen LogP contribution < -0.4 is 5.32 Å². The van der Waals surface area contributed by atoms with E-state index in [9.17, 15) is 18.7 Å². The average Bonchev–Trinajstić information content (AvgIpc) is 2.94. The molecular weight excluding hydrogens is 370 g/mol. The summed E-state index contributed by atoms with van der Waals surface area (Å²) in [5.41, 5.74) is 1.15. The molecule has 9 heteroatoms. The van der Waals surface area contributed by atoms with E-state index in [1.165, 1.54) is 12.3 Å². The van der Waals surface area contributed by atoms with Gasteiger partial charge in [0.05, 0.1) is 28.9 Å². The highest BCUT2D eigenvalue weighted by Gasteiger charge is 2.23. The van der Waals surface area contributed by atoms with Crippen LogP contribution in [0.2, 0.25) is 0 Å². The summed E-state index contributed by atoms with van der Waals surface area (Å²) < 4.78 is 34.5. The molecule has 1 unspecified atom stereocenters. The Morgan fingerprint density at radius 3 is 2.68 bits per heavy atom. The maximum absolute atomic E-state index is 13.9. The Hall–Kier alpha value is -3.07. The first-order valence-corrected chi connectivity index (χ1v) is 8.70. The summed E-state index contributed by atoms with van der Waals surface area (Å²) in [5.74, 6) is -2.30. The number of fused-ring (bicyclic) bond motifs is 1. The van der Waals surface area contributed by atoms with E-state index in [1.807, 2.05) is 0 Å². The third-order valence-electron chi connectivity index (χ3n) is 4.33. The van der Waals surface area contributed by atoms with Crippen molar-refractivity contribution in [2.75, 3.05) is 18.5 Å². The molecule has 0 saturated carbocycles. The number of benzene rings is 1. The Bertz CT molecular complexity index is 1020. The quantitative estimate of drug-likeness (QED) is 0.629. The van der Waals surface area contributed by atoms with E-state index in [1.54, 1.807) is 25.6 Å². The number of aryl methyl sites for hydroxylation is 2. The fourth-order valence-electron chi connectivity index (χ4n) is 3.09. The number of esters is 1. The lowest BCUT2D eigenvalue weighted by Gasteiger charge is -2.17. The highest BCUT2D eigenvalue weighted by atomic mass is 19.1. The van der Waals surface area contributed by atoms with Crippen LogP contribution in [0.25, 0.3) is 11.0 Å². The van der Waals surface area contributed by atoms with Crippen LogP contribution in [0.4, 0.5) is 14.5 Å². The van der Waals surface area contributed by atoms with Crippen molar-refractivity contribution in [1.82, 2.24) is 14.8 Å². The number of aliphatic hydroxyl groups excluding tert-OH is 1. The number of pyridine rings is 1. The highest BCUT2D eigenvalue weighted by molar-refractivity contribution is 6.05. The minimum absolute atomic E-state index is 0.145. The van der Waals surface area contributed by atoms with Crippen LogP contribution in [0.1, 0.15) is 34.6 Å². The molecule has 148 valence electrons. The number of anilines is 1. The lowest BCUT2D eigenvalue weighted by molar-refractivity contribution is 0.0527. The Morgan fingerprint density at radius 2 is 2.04 bits per heavy atom. The number of nitrogens with one attached hydrogen (secondary N) is 1. The Kier molecular flexibility index (Phi) is 5.55. The van der Waals surface area contributed by atoms with E-state index in [2.05, 4.69) is 15.4 Å². The molecule has 0 aliphatic heterocycles. The van der Waals surface area contributed by atoms with E-state index < -0.39 is 29.3 Å². The Morgan fingerprint density at radius 1 is 1.36 bits per heavy atom. The molecule has 0 bridgehead atoms. The zero-order valence-corrected chi connectivity index (χ0v) is 15.7. The van der Waals surface area contributed by atoms with Gasteiger partial charge in [0.2, 0.25) is 0 Å². The third kappa shape index (κ3) is 3.53. The first kappa shape index (κ1) is 19.7. The van der Waals surface area contributed by atoms with Crippen molar-refractivity contribution in [2.45, 2.75) is 20.0 Å². The van der Waals surface area contributed by atoms with E-state index in [0.29, 0.717) is 22.4 Å². The largest absolute Gasteiger partial charge is 0.462 e. The summed E-state index contributed by atoms with van der Waals surface area (Å²) in [7, 11) is 1.71. The fourth-order valence-corrected chi connectivity index (χ4v) is 3.09. The summed E-state index contributed by atoms with van der Waals surface area (Å²) in [4.78, 5) is 16.6. The van der Waals surface area contributed by atoms with E-state index in [4.69, 9.17) is 4.74 Å². The van der Waals surface area contributed by atoms with Gasteiger partial charge < -0.3 is 15.2 Å². The molecule has 2 N–H and O–H groups in total. The van der Waals surface area contributed by atoms with Crippen LogP contribution in [0.3, 0.4) is 0 Å². The second-order valence-corrected chi connectivity index (χ2v) is 6.21. The van der Waals surface area contributed by atoms with Crippen LogP contribution in [0.5, 0.6) is 0 Å². The zero-order chi connectivity index (χ0) is 20.4. The average molecular weight is 390 g/mol. The molecular formula is C19H20F2N4O3. The SMILES string of the molecule is CCOC(=O)c1cnc2c(c(C)nn2C)c1NCC(O)c1c(F)cccc1F. The van der Waals surface area contributed by atoms with Crippen molar-refractivity contribution in [2.24, 2.45) is 7.05 Å². The number of nitrogens with zero attached hydrogens (tertiary/aromatic N) is 3. The number of ether oxygens (including phenoxy) is 1. The minimum Gasteiger partial charge on any atom is -0.462 e. The summed E-state index contributed by atoms with van der Waals surface area (Å²) in [6, 6.07) is 3.36. The summed E-state index contributed by atoms with van der Waals surface area (Å²) in [5, 5.41) is 18.1. The van der Waals surface area contributed by atoms with E-state index in [0.717, 1.165) is 12.1 Å². The molecule has 1 atom stereocenters. The number of carbonyl (C=O) groups excluding carboxylic acids is 1. The number of hydrogen-bond donors (Lipinski definition) is 2. The molecule has 0 spiro atoms. The zero-order valence-electron chi connectivity index (χ0n) is 15.7. The highest BCUT2D eigenvalue weighted by Crippen LogP contribution is 2.30. The van der Waals surface area contributed by atoms with Crippen molar-refractivity contribution in [3.05, 3.63) is 52.9 Å². The number of hydrogen-bond acceptors (Lipinski definition) is 6. The monoisotopic (exact) mass is 390 g/mol. The van der Waals surface area contributed by atoms with Crippen molar-refractivity contribution in [1.29, 1.82) is 0 Å². The number of carbonyl (C=O) groups is 1. The second-order valence-electron chi connectivity index (χ2n) is 6.21. The predicted octanol–water partition coefficient (Wildman–Crippen LogP) is 2.88. The van der Waals surface area contributed by atoms with Gasteiger partial charge in [-0.15, -0.1) is 0 Å². The van der Waals surface area contributed by atoms with Gasteiger partial charge in [-0.2, -0.15) is 5.10 Å². The maximum atomic E-state index is 13.9. The topological polar surface area (TPSA) is 89.3 Å². The number of aromatic nitrogens is 3. The first-order valence-electron chi connectivity index (χ1n) is 8.70. The van der Waals surface area contributed by atoms with Crippen LogP contribution >= 0.6 is 0 Å². The van der Waals surface area contributed by atoms with Crippen molar-refractivity contribution in [3.8, 4) is 0 Å². The maximum Gasteiger partial charge on any atom is 0.341 e. The molecule has 1 aromatic carbocycles. The molecule has 0 aliphatic rings. The van der Waals surface area contributed by atoms with Gasteiger partial charge >= 0.3 is 5.97 Å². The molecule has 0 radical (unpaired) electrons. The Balaban J connectivity index is 2.01. The fraction of sp³-hybridized carbons (Fsp3) is 0.316. The smallest absolute Gasteiger partial charge is 0.341 e. The van der Waals surface area contributed by atoms with Gasteiger partial charge in [-0.3, -0.25) is 4.68 Å². The lowest BCUT2D eigenvalue weighted by atomic mass is 10.1. The molecule has 28 heavy (non-hydrogen) atoms. The van der Waals surface area contributed by atoms with E-state index >= 15 is 0 Å². The van der Waals surface area contributed by atoms with Crippen LogP contribution in [0, 0.1) is 18.6 Å². The van der Waals surface area contributed by atoms with E-state index in [-0.39, 0.29) is 18.7 Å². The van der Waals surface area contributed by atoms with Gasteiger partial charge in [-0.05, 0) is 26.0 Å². The molecule has 3 rings (SSSR count). The van der Waals surface area contributed by atoms with Gasteiger partial charge in [-0.1, -0.05) is 6.07 Å². The van der Waals surface area contributed by atoms with Gasteiger partial charge in [0.15, 0.2) is 5.65 Å². The molecule has 0 saturated heterocycles. The molecule has 3 aromatic rings. The molecule has 0 aliphatic carbocycles. The standard InChI is InChI=1S/C19H20F2N4O3/c1-4-28-19(27)11-8-23-18-15(10(2)24-25(18)3)17(11)22-9-14(26)16-12(20)6-5-7-13(16)21/h5-8,14,26H,4,9H2,1-3H3,(H,22,23). The van der Waals surface area contributed by atoms with Gasteiger partial charge in [0.25, 0.3) is 0 Å². The van der Waals surface area contributed by atoms with Crippen molar-refractivity contribution >= 4 is 22.7 Å². The van der Waals surface area contributed by atoms with Gasteiger partial charge in [-0.25, -0.2) is 18.6 Å². The number of aliphatic hydroxyl groups is 1. The summed E-state index contributed by atoms with van der Waals surface area (Å²) in [6.45, 7) is 3.36. The lowest BCUT2D eigenvalue weighted by Crippen LogP contribution is -2.18. The first-order chi connectivity index (χ1) is 13.3.